The van der Waals surface area contributed by atoms with E-state index in [-0.39, 0.29) is 23.0 Å². The third-order valence-corrected chi connectivity index (χ3v) is 4.22. The van der Waals surface area contributed by atoms with E-state index in [2.05, 4.69) is 15.2 Å². The maximum atomic E-state index is 12.9. The molecule has 0 N–H and O–H groups in total. The lowest BCUT2D eigenvalue weighted by molar-refractivity contribution is -0.137. The highest BCUT2D eigenvalue weighted by Gasteiger charge is 2.31. The van der Waals surface area contributed by atoms with Crippen LogP contribution >= 0.6 is 0 Å². The minimum Gasteiger partial charge on any atom is -0.497 e. The Morgan fingerprint density at radius 1 is 1.07 bits per heavy atom. The van der Waals surface area contributed by atoms with Crippen LogP contribution < -0.4 is 10.2 Å². The van der Waals surface area contributed by atoms with Gasteiger partial charge in [0, 0.05) is 17.8 Å². The van der Waals surface area contributed by atoms with Crippen LogP contribution in [0, 0.1) is 0 Å². The zero-order chi connectivity index (χ0) is 21.3. The summed E-state index contributed by atoms with van der Waals surface area (Å²) in [5.74, 6) is 0.370. The molecule has 2 aromatic carbocycles. The number of nitrogens with zero attached hydrogens (tertiary/aromatic N) is 4. The van der Waals surface area contributed by atoms with Crippen molar-refractivity contribution in [1.29, 1.82) is 0 Å². The van der Waals surface area contributed by atoms with Gasteiger partial charge in [0.25, 0.3) is 5.89 Å². The number of halogens is 3. The molecule has 0 radical (unpaired) electrons. The van der Waals surface area contributed by atoms with Gasteiger partial charge in [0.2, 0.25) is 11.3 Å². The normalized spacial score (nSPS) is 11.5. The number of rotatable bonds is 4. The summed E-state index contributed by atoms with van der Waals surface area (Å²) in [4.78, 5) is 16.3. The SMILES string of the molecule is COc1ccc(-n2ccc(=O)c(-c3nc(-c4cccc(C(F)(F)F)c4)no3)n2)cc1. The Morgan fingerprint density at radius 2 is 1.83 bits per heavy atom. The molecule has 0 fully saturated rings. The van der Waals surface area contributed by atoms with Gasteiger partial charge >= 0.3 is 6.18 Å². The molecule has 152 valence electrons. The van der Waals surface area contributed by atoms with Crippen LogP contribution in [0.2, 0.25) is 0 Å². The molecule has 0 aliphatic carbocycles. The fourth-order valence-electron chi connectivity index (χ4n) is 2.71. The molecule has 7 nitrogen and oxygen atoms in total. The fraction of sp³-hybridized carbons (Fsp3) is 0.100. The van der Waals surface area contributed by atoms with E-state index in [0.717, 1.165) is 12.1 Å². The van der Waals surface area contributed by atoms with Crippen molar-refractivity contribution >= 4 is 0 Å². The predicted molar refractivity (Wildman–Crippen MR) is 100 cm³/mol. The first-order valence-corrected chi connectivity index (χ1v) is 8.61. The van der Waals surface area contributed by atoms with Gasteiger partial charge in [-0.05, 0) is 36.4 Å². The van der Waals surface area contributed by atoms with E-state index in [1.54, 1.807) is 31.4 Å². The van der Waals surface area contributed by atoms with E-state index in [4.69, 9.17) is 9.26 Å². The van der Waals surface area contributed by atoms with Gasteiger partial charge in [-0.2, -0.15) is 23.3 Å². The number of hydrogen-bond acceptors (Lipinski definition) is 6. The van der Waals surface area contributed by atoms with Crippen molar-refractivity contribution in [2.75, 3.05) is 7.11 Å². The van der Waals surface area contributed by atoms with Crippen LogP contribution in [0.25, 0.3) is 28.7 Å². The Kier molecular flexibility index (Phi) is 4.82. The third kappa shape index (κ3) is 3.79. The summed E-state index contributed by atoms with van der Waals surface area (Å²) in [6.07, 6.45) is -3.03. The average Bonchev–Trinajstić information content (AvgIpc) is 3.24. The van der Waals surface area contributed by atoms with Crippen LogP contribution in [0.15, 0.2) is 70.1 Å². The molecule has 0 aliphatic rings. The van der Waals surface area contributed by atoms with Crippen LogP contribution in [0.4, 0.5) is 13.2 Å². The zero-order valence-electron chi connectivity index (χ0n) is 15.4. The molecule has 0 saturated carbocycles. The van der Waals surface area contributed by atoms with E-state index in [1.165, 1.54) is 29.1 Å². The molecule has 10 heteroatoms. The summed E-state index contributed by atoms with van der Waals surface area (Å²) < 4.78 is 50.4. The van der Waals surface area contributed by atoms with Crippen molar-refractivity contribution in [2.45, 2.75) is 6.18 Å². The molecule has 4 rings (SSSR count). The van der Waals surface area contributed by atoms with Crippen LogP contribution in [0.5, 0.6) is 5.75 Å². The highest BCUT2D eigenvalue weighted by atomic mass is 19.4. The maximum Gasteiger partial charge on any atom is 0.416 e. The van der Waals surface area contributed by atoms with Gasteiger partial charge in [-0.15, -0.1) is 0 Å². The van der Waals surface area contributed by atoms with Gasteiger partial charge < -0.3 is 9.26 Å². The van der Waals surface area contributed by atoms with Crippen molar-refractivity contribution in [2.24, 2.45) is 0 Å². The third-order valence-electron chi connectivity index (χ3n) is 4.22. The number of ether oxygens (including phenoxy) is 1. The number of hydrogen-bond donors (Lipinski definition) is 0. The van der Waals surface area contributed by atoms with Gasteiger partial charge in [-0.3, -0.25) is 4.79 Å². The first-order valence-electron chi connectivity index (χ1n) is 8.61. The van der Waals surface area contributed by atoms with Gasteiger partial charge in [-0.1, -0.05) is 17.3 Å². The lowest BCUT2D eigenvalue weighted by atomic mass is 10.1. The number of methoxy groups -OCH3 is 1. The lowest BCUT2D eigenvalue weighted by Gasteiger charge is -2.07. The summed E-state index contributed by atoms with van der Waals surface area (Å²) in [5, 5.41) is 7.91. The monoisotopic (exact) mass is 414 g/mol. The lowest BCUT2D eigenvalue weighted by Crippen LogP contribution is -2.12. The molecule has 2 heterocycles. The van der Waals surface area contributed by atoms with E-state index >= 15 is 0 Å². The molecule has 0 saturated heterocycles. The van der Waals surface area contributed by atoms with Crippen molar-refractivity contribution in [3.8, 4) is 34.4 Å². The van der Waals surface area contributed by atoms with Gasteiger partial charge in [-0.25, -0.2) is 4.68 Å². The molecule has 30 heavy (non-hydrogen) atoms. The molecule has 0 bridgehead atoms. The zero-order valence-corrected chi connectivity index (χ0v) is 15.4. The van der Waals surface area contributed by atoms with Gasteiger partial charge in [0.1, 0.15) is 5.75 Å². The number of benzene rings is 2. The Hall–Kier alpha value is -3.95. The predicted octanol–water partition coefficient (Wildman–Crippen LogP) is 3.98. The minimum absolute atomic E-state index is 0.0860. The first kappa shape index (κ1) is 19.4. The second kappa shape index (κ2) is 7.47. The molecular formula is C20H13F3N4O3. The Balaban J connectivity index is 1.70. The molecule has 2 aromatic heterocycles. The summed E-state index contributed by atoms with van der Waals surface area (Å²) >= 11 is 0. The minimum atomic E-state index is -4.50. The van der Waals surface area contributed by atoms with Crippen molar-refractivity contribution in [3.05, 3.63) is 76.6 Å². The largest absolute Gasteiger partial charge is 0.497 e. The average molecular weight is 414 g/mol. The highest BCUT2D eigenvalue weighted by molar-refractivity contribution is 5.59. The van der Waals surface area contributed by atoms with Crippen molar-refractivity contribution < 1.29 is 22.4 Å². The highest BCUT2D eigenvalue weighted by Crippen LogP contribution is 2.31. The summed E-state index contributed by atoms with van der Waals surface area (Å²) in [7, 11) is 1.54. The van der Waals surface area contributed by atoms with Gasteiger partial charge in [0.05, 0.1) is 18.4 Å². The van der Waals surface area contributed by atoms with E-state index in [9.17, 15) is 18.0 Å². The fourth-order valence-corrected chi connectivity index (χ4v) is 2.71. The van der Waals surface area contributed by atoms with E-state index in [1.807, 2.05) is 0 Å². The summed E-state index contributed by atoms with van der Waals surface area (Å²) in [6.45, 7) is 0. The van der Waals surface area contributed by atoms with Crippen LogP contribution in [-0.4, -0.2) is 27.0 Å². The Labute approximate surface area is 167 Å². The molecule has 4 aromatic rings. The second-order valence-electron chi connectivity index (χ2n) is 6.17. The van der Waals surface area contributed by atoms with Crippen LogP contribution in [-0.2, 0) is 6.18 Å². The van der Waals surface area contributed by atoms with Crippen LogP contribution in [0.1, 0.15) is 5.56 Å². The summed E-state index contributed by atoms with van der Waals surface area (Å²) in [5.41, 5.74) is -0.690. The Morgan fingerprint density at radius 3 is 2.53 bits per heavy atom. The quantitative estimate of drug-likeness (QED) is 0.502. The van der Waals surface area contributed by atoms with Crippen molar-refractivity contribution in [1.82, 2.24) is 19.9 Å². The first-order chi connectivity index (χ1) is 14.3. The van der Waals surface area contributed by atoms with Crippen molar-refractivity contribution in [3.63, 3.8) is 0 Å². The molecule has 0 atom stereocenters. The molecule has 0 amide bonds. The van der Waals surface area contributed by atoms with Crippen LogP contribution in [0.3, 0.4) is 0 Å². The molecular weight excluding hydrogens is 401 g/mol. The van der Waals surface area contributed by atoms with E-state index < -0.39 is 17.2 Å². The number of aromatic nitrogens is 4. The Bertz CT molecular complexity index is 1250. The smallest absolute Gasteiger partial charge is 0.416 e. The van der Waals surface area contributed by atoms with Gasteiger partial charge in [0.15, 0.2) is 5.69 Å². The topological polar surface area (TPSA) is 83.0 Å². The maximum absolute atomic E-state index is 12.9. The standard InChI is InChI=1S/C20H13F3N4O3/c1-29-15-7-5-14(6-8-15)27-10-9-16(28)17(25-27)19-24-18(26-30-19)12-3-2-4-13(11-12)20(21,22)23/h2-11H,1H3. The van der Waals surface area contributed by atoms with E-state index in [0.29, 0.717) is 11.4 Å². The molecule has 0 spiro atoms. The second-order valence-corrected chi connectivity index (χ2v) is 6.17. The number of alkyl halides is 3. The molecule has 0 aliphatic heterocycles. The summed E-state index contributed by atoms with van der Waals surface area (Å²) in [6, 6.07) is 12.7. The molecule has 0 unspecified atom stereocenters.